The molecule has 1 saturated heterocycles. The Balaban J connectivity index is 1.80. The number of carboxylic acids is 1. The Labute approximate surface area is 122 Å². The molecule has 6 nitrogen and oxygen atoms in total. The number of rotatable bonds is 4. The summed E-state index contributed by atoms with van der Waals surface area (Å²) in [5, 5.41) is 13.3. The van der Waals surface area contributed by atoms with Crippen LogP contribution in [0.3, 0.4) is 0 Å². The summed E-state index contributed by atoms with van der Waals surface area (Å²) in [5.41, 5.74) is 0.889. The first-order valence-corrected chi connectivity index (χ1v) is 7.04. The third-order valence-corrected chi connectivity index (χ3v) is 3.93. The van der Waals surface area contributed by atoms with E-state index >= 15 is 0 Å². The first kappa shape index (κ1) is 13.8. The van der Waals surface area contributed by atoms with Crippen molar-refractivity contribution < 1.29 is 9.90 Å². The van der Waals surface area contributed by atoms with Crippen LogP contribution in [0.5, 0.6) is 0 Å². The quantitative estimate of drug-likeness (QED) is 0.890. The second-order valence-corrected chi connectivity index (χ2v) is 5.56. The highest BCUT2D eigenvalue weighted by atomic mass is 16.4. The number of anilines is 1. The van der Waals surface area contributed by atoms with Crippen molar-refractivity contribution in [2.24, 2.45) is 5.92 Å². The fourth-order valence-corrected chi connectivity index (χ4v) is 2.76. The standard InChI is InChI=1S/C15H18N4O2/c1-19-5-4-10(8-19)7-16-14-12-3-2-11(15(20)21)6-13(12)17-9-18-14/h2-3,6,9-10H,4-5,7-8H2,1H3,(H,20,21)(H,16,17,18). The van der Waals surface area contributed by atoms with Crippen LogP contribution in [0.2, 0.25) is 0 Å². The third kappa shape index (κ3) is 2.95. The maximum atomic E-state index is 11.0. The van der Waals surface area contributed by atoms with E-state index in [0.29, 0.717) is 11.4 Å². The van der Waals surface area contributed by atoms with Crippen LogP contribution in [-0.4, -0.2) is 52.6 Å². The van der Waals surface area contributed by atoms with Crippen molar-refractivity contribution in [2.45, 2.75) is 6.42 Å². The zero-order valence-corrected chi connectivity index (χ0v) is 11.9. The number of aromatic nitrogens is 2. The smallest absolute Gasteiger partial charge is 0.335 e. The summed E-state index contributed by atoms with van der Waals surface area (Å²) in [6.07, 6.45) is 2.66. The number of nitrogens with zero attached hydrogens (tertiary/aromatic N) is 3. The highest BCUT2D eigenvalue weighted by Crippen LogP contribution is 2.22. The minimum absolute atomic E-state index is 0.240. The van der Waals surface area contributed by atoms with Crippen LogP contribution in [0.25, 0.3) is 10.9 Å². The molecule has 3 rings (SSSR count). The number of hydrogen-bond acceptors (Lipinski definition) is 5. The monoisotopic (exact) mass is 286 g/mol. The molecule has 2 N–H and O–H groups in total. The molecule has 0 spiro atoms. The number of hydrogen-bond donors (Lipinski definition) is 2. The lowest BCUT2D eigenvalue weighted by molar-refractivity contribution is 0.0697. The molecule has 1 atom stereocenters. The summed E-state index contributed by atoms with van der Waals surface area (Å²) in [6, 6.07) is 4.93. The Bertz CT molecular complexity index is 674. The zero-order valence-electron chi connectivity index (χ0n) is 11.9. The Kier molecular flexibility index (Phi) is 3.70. The Morgan fingerprint density at radius 3 is 3.05 bits per heavy atom. The van der Waals surface area contributed by atoms with Gasteiger partial charge in [0.05, 0.1) is 11.1 Å². The molecule has 110 valence electrons. The van der Waals surface area contributed by atoms with Gasteiger partial charge in [-0.25, -0.2) is 14.8 Å². The number of aromatic carboxylic acids is 1. The van der Waals surface area contributed by atoms with Gasteiger partial charge in [-0.1, -0.05) is 0 Å². The first-order chi connectivity index (χ1) is 10.1. The minimum Gasteiger partial charge on any atom is -0.478 e. The van der Waals surface area contributed by atoms with Gasteiger partial charge in [-0.2, -0.15) is 0 Å². The first-order valence-electron chi connectivity index (χ1n) is 7.04. The summed E-state index contributed by atoms with van der Waals surface area (Å²) < 4.78 is 0. The SMILES string of the molecule is CN1CCC(CNc2ncnc3cc(C(=O)O)ccc23)C1. The van der Waals surface area contributed by atoms with Gasteiger partial charge in [-0.15, -0.1) is 0 Å². The Morgan fingerprint density at radius 2 is 2.33 bits per heavy atom. The van der Waals surface area contributed by atoms with Crippen molar-refractivity contribution in [1.29, 1.82) is 0 Å². The lowest BCUT2D eigenvalue weighted by Gasteiger charge is -2.13. The van der Waals surface area contributed by atoms with Gasteiger partial charge >= 0.3 is 5.97 Å². The summed E-state index contributed by atoms with van der Waals surface area (Å²) in [7, 11) is 2.13. The van der Waals surface area contributed by atoms with Crippen molar-refractivity contribution in [3.8, 4) is 0 Å². The summed E-state index contributed by atoms with van der Waals surface area (Å²) in [6.45, 7) is 3.11. The molecule has 0 saturated carbocycles. The average Bonchev–Trinajstić information content (AvgIpc) is 2.90. The topological polar surface area (TPSA) is 78.3 Å². The maximum Gasteiger partial charge on any atom is 0.335 e. The zero-order chi connectivity index (χ0) is 14.8. The van der Waals surface area contributed by atoms with Gasteiger partial charge in [-0.05, 0) is 44.1 Å². The number of benzene rings is 1. The fourth-order valence-electron chi connectivity index (χ4n) is 2.76. The van der Waals surface area contributed by atoms with E-state index in [1.807, 2.05) is 0 Å². The van der Waals surface area contributed by atoms with E-state index in [2.05, 4.69) is 27.2 Å². The molecule has 0 aliphatic carbocycles. The Morgan fingerprint density at radius 1 is 1.48 bits per heavy atom. The fraction of sp³-hybridized carbons (Fsp3) is 0.400. The largest absolute Gasteiger partial charge is 0.478 e. The van der Waals surface area contributed by atoms with Crippen molar-refractivity contribution in [3.63, 3.8) is 0 Å². The summed E-state index contributed by atoms with van der Waals surface area (Å²) in [5.74, 6) is 0.448. The molecule has 0 radical (unpaired) electrons. The maximum absolute atomic E-state index is 11.0. The van der Waals surface area contributed by atoms with Gasteiger partial charge in [0.25, 0.3) is 0 Å². The van der Waals surface area contributed by atoms with Crippen molar-refractivity contribution in [3.05, 3.63) is 30.1 Å². The highest BCUT2D eigenvalue weighted by Gasteiger charge is 2.19. The van der Waals surface area contributed by atoms with Gasteiger partial charge in [0.15, 0.2) is 0 Å². The molecule has 1 fully saturated rings. The van der Waals surface area contributed by atoms with E-state index in [0.717, 1.165) is 30.8 Å². The van der Waals surface area contributed by atoms with Crippen LogP contribution in [0, 0.1) is 5.92 Å². The van der Waals surface area contributed by atoms with Crippen LogP contribution in [0.1, 0.15) is 16.8 Å². The van der Waals surface area contributed by atoms with Crippen LogP contribution < -0.4 is 5.32 Å². The highest BCUT2D eigenvalue weighted by molar-refractivity contribution is 5.96. The lowest BCUT2D eigenvalue weighted by atomic mass is 10.1. The van der Waals surface area contributed by atoms with Crippen LogP contribution in [0.4, 0.5) is 5.82 Å². The molecule has 1 unspecified atom stereocenters. The number of fused-ring (bicyclic) bond motifs is 1. The van der Waals surface area contributed by atoms with Gasteiger partial charge in [0.2, 0.25) is 0 Å². The average molecular weight is 286 g/mol. The molecule has 21 heavy (non-hydrogen) atoms. The molecule has 1 aliphatic heterocycles. The second kappa shape index (κ2) is 5.65. The molecule has 0 amide bonds. The van der Waals surface area contributed by atoms with Crippen LogP contribution >= 0.6 is 0 Å². The van der Waals surface area contributed by atoms with E-state index in [4.69, 9.17) is 5.11 Å². The van der Waals surface area contributed by atoms with Crippen LogP contribution in [0.15, 0.2) is 24.5 Å². The summed E-state index contributed by atoms with van der Waals surface area (Å²) in [4.78, 5) is 21.8. The molecule has 2 aromatic rings. The van der Waals surface area contributed by atoms with Crippen LogP contribution in [-0.2, 0) is 0 Å². The number of carboxylic acid groups (broad SMARTS) is 1. The molecule has 2 heterocycles. The van der Waals surface area contributed by atoms with E-state index in [1.165, 1.54) is 12.7 Å². The molecule has 0 bridgehead atoms. The predicted molar refractivity (Wildman–Crippen MR) is 80.6 cm³/mol. The number of carbonyl (C=O) groups is 1. The van der Waals surface area contributed by atoms with Gasteiger partial charge < -0.3 is 15.3 Å². The number of likely N-dealkylation sites (tertiary alicyclic amines) is 1. The Hall–Kier alpha value is -2.21. The normalized spacial score (nSPS) is 19.0. The predicted octanol–water partition coefficient (Wildman–Crippen LogP) is 1.69. The van der Waals surface area contributed by atoms with Gasteiger partial charge in [0.1, 0.15) is 12.1 Å². The van der Waals surface area contributed by atoms with Gasteiger partial charge in [0, 0.05) is 18.5 Å². The number of nitrogens with one attached hydrogen (secondary N) is 1. The van der Waals surface area contributed by atoms with E-state index in [9.17, 15) is 4.79 Å². The van der Waals surface area contributed by atoms with Crippen molar-refractivity contribution in [2.75, 3.05) is 32.0 Å². The minimum atomic E-state index is -0.945. The van der Waals surface area contributed by atoms with E-state index in [-0.39, 0.29) is 5.56 Å². The molecule has 6 heteroatoms. The lowest BCUT2D eigenvalue weighted by Crippen LogP contribution is -2.19. The van der Waals surface area contributed by atoms with Crippen molar-refractivity contribution >= 4 is 22.7 Å². The summed E-state index contributed by atoms with van der Waals surface area (Å²) >= 11 is 0. The third-order valence-electron chi connectivity index (χ3n) is 3.93. The molecule has 1 aromatic heterocycles. The van der Waals surface area contributed by atoms with E-state index < -0.39 is 5.97 Å². The molecule has 1 aromatic carbocycles. The van der Waals surface area contributed by atoms with Gasteiger partial charge in [-0.3, -0.25) is 0 Å². The molecular weight excluding hydrogens is 268 g/mol. The van der Waals surface area contributed by atoms with E-state index in [1.54, 1.807) is 18.2 Å². The van der Waals surface area contributed by atoms with Crippen molar-refractivity contribution in [1.82, 2.24) is 14.9 Å². The molecular formula is C15H18N4O2. The second-order valence-electron chi connectivity index (χ2n) is 5.56. The molecule has 1 aliphatic rings.